The Morgan fingerprint density at radius 2 is 1.50 bits per heavy atom. The molecule has 1 aromatic carbocycles. The van der Waals surface area contributed by atoms with Crippen LogP contribution < -0.4 is 5.32 Å². The smallest absolute Gasteiger partial charge is 0.128 e. The molecule has 0 aliphatic heterocycles. The molecule has 1 atom stereocenters. The Hall–Kier alpha value is -0.960. The van der Waals surface area contributed by atoms with E-state index in [-0.39, 0.29) is 17.7 Å². The van der Waals surface area contributed by atoms with Gasteiger partial charge in [-0.15, -0.1) is 0 Å². The zero-order chi connectivity index (χ0) is 15.4. The van der Waals surface area contributed by atoms with Gasteiger partial charge in [0.2, 0.25) is 0 Å². The van der Waals surface area contributed by atoms with Gasteiger partial charge < -0.3 is 5.32 Å². The molecule has 1 rings (SSSR count). The van der Waals surface area contributed by atoms with Crippen molar-refractivity contribution in [1.29, 1.82) is 0 Å². The van der Waals surface area contributed by atoms with Crippen LogP contribution in [-0.4, -0.2) is 6.54 Å². The summed E-state index contributed by atoms with van der Waals surface area (Å²) in [5, 5.41) is 3.34. The van der Waals surface area contributed by atoms with Crippen molar-refractivity contribution in [1.82, 2.24) is 5.32 Å². The van der Waals surface area contributed by atoms with E-state index in [9.17, 15) is 8.78 Å². The van der Waals surface area contributed by atoms with Gasteiger partial charge in [-0.3, -0.25) is 0 Å². The third-order valence-electron chi connectivity index (χ3n) is 4.12. The van der Waals surface area contributed by atoms with E-state index < -0.39 is 0 Å². The van der Waals surface area contributed by atoms with Crippen LogP contribution in [0.25, 0.3) is 0 Å². The lowest BCUT2D eigenvalue weighted by molar-refractivity contribution is 0.267. The van der Waals surface area contributed by atoms with Crippen LogP contribution in [0.1, 0.15) is 51.8 Å². The summed E-state index contributed by atoms with van der Waals surface area (Å²) >= 11 is 0. The van der Waals surface area contributed by atoms with E-state index in [1.54, 1.807) is 6.92 Å². The van der Waals surface area contributed by atoms with Gasteiger partial charge in [0.15, 0.2) is 0 Å². The van der Waals surface area contributed by atoms with Crippen LogP contribution in [0.15, 0.2) is 12.1 Å². The SMILES string of the molecule is Cc1cc(F)c(C(C)NCC(C(C)C)C(C)C)cc1F. The highest BCUT2D eigenvalue weighted by atomic mass is 19.1. The molecule has 114 valence electrons. The average molecular weight is 283 g/mol. The van der Waals surface area contributed by atoms with Gasteiger partial charge in [-0.25, -0.2) is 8.78 Å². The summed E-state index contributed by atoms with van der Waals surface area (Å²) in [6.45, 7) is 13.1. The van der Waals surface area contributed by atoms with Crippen molar-refractivity contribution in [2.75, 3.05) is 6.54 Å². The Morgan fingerprint density at radius 1 is 0.950 bits per heavy atom. The molecule has 0 aromatic heterocycles. The molecule has 0 saturated heterocycles. The molecular formula is C17H27F2N. The van der Waals surface area contributed by atoms with Gasteiger partial charge >= 0.3 is 0 Å². The normalized spacial score (nSPS) is 13.6. The summed E-state index contributed by atoms with van der Waals surface area (Å²) in [6.07, 6.45) is 0. The lowest BCUT2D eigenvalue weighted by Gasteiger charge is -2.27. The molecule has 1 aromatic rings. The standard InChI is InChI=1S/C17H27F2N/c1-10(2)15(11(3)4)9-20-13(6)14-8-16(18)12(5)7-17(14)19/h7-8,10-11,13,15,20H,9H2,1-6H3. The van der Waals surface area contributed by atoms with E-state index >= 15 is 0 Å². The minimum atomic E-state index is -0.348. The third kappa shape index (κ3) is 4.27. The first kappa shape index (κ1) is 17.1. The number of hydrogen-bond acceptors (Lipinski definition) is 1. The van der Waals surface area contributed by atoms with Crippen molar-refractivity contribution in [3.8, 4) is 0 Å². The molecule has 0 aliphatic carbocycles. The molecule has 0 bridgehead atoms. The Balaban J connectivity index is 2.76. The molecular weight excluding hydrogens is 256 g/mol. The van der Waals surface area contributed by atoms with Crippen LogP contribution in [0.5, 0.6) is 0 Å². The number of benzene rings is 1. The van der Waals surface area contributed by atoms with E-state index in [0.29, 0.717) is 28.9 Å². The number of rotatable bonds is 6. The van der Waals surface area contributed by atoms with Crippen LogP contribution in [-0.2, 0) is 0 Å². The highest BCUT2D eigenvalue weighted by Crippen LogP contribution is 2.23. The first-order valence-corrected chi connectivity index (χ1v) is 7.43. The zero-order valence-corrected chi connectivity index (χ0v) is 13.4. The topological polar surface area (TPSA) is 12.0 Å². The Morgan fingerprint density at radius 3 is 2.00 bits per heavy atom. The number of aryl methyl sites for hydroxylation is 1. The average Bonchev–Trinajstić information content (AvgIpc) is 2.32. The van der Waals surface area contributed by atoms with Gasteiger partial charge in [0, 0.05) is 11.6 Å². The predicted octanol–water partition coefficient (Wildman–Crippen LogP) is 4.85. The summed E-state index contributed by atoms with van der Waals surface area (Å²) in [6, 6.07) is 2.39. The lowest BCUT2D eigenvalue weighted by Crippen LogP contribution is -2.31. The van der Waals surface area contributed by atoms with E-state index in [2.05, 4.69) is 33.0 Å². The maximum atomic E-state index is 13.9. The fourth-order valence-corrected chi connectivity index (χ4v) is 2.66. The minimum Gasteiger partial charge on any atom is -0.310 e. The Labute approximate surface area is 121 Å². The number of hydrogen-bond donors (Lipinski definition) is 1. The van der Waals surface area contributed by atoms with Crippen LogP contribution in [0.4, 0.5) is 8.78 Å². The predicted molar refractivity (Wildman–Crippen MR) is 80.7 cm³/mol. The van der Waals surface area contributed by atoms with E-state index in [1.807, 2.05) is 6.92 Å². The summed E-state index contributed by atoms with van der Waals surface area (Å²) in [5.74, 6) is 0.966. The van der Waals surface area contributed by atoms with E-state index in [1.165, 1.54) is 12.1 Å². The number of halogens is 2. The monoisotopic (exact) mass is 283 g/mol. The summed E-state index contributed by atoms with van der Waals surface area (Å²) < 4.78 is 27.5. The number of nitrogens with one attached hydrogen (secondary N) is 1. The largest absolute Gasteiger partial charge is 0.310 e. The molecule has 0 radical (unpaired) electrons. The van der Waals surface area contributed by atoms with E-state index in [4.69, 9.17) is 0 Å². The fraction of sp³-hybridized carbons (Fsp3) is 0.647. The molecule has 0 spiro atoms. The van der Waals surface area contributed by atoms with Gasteiger partial charge in [0.05, 0.1) is 0 Å². The molecule has 0 heterocycles. The van der Waals surface area contributed by atoms with Gasteiger partial charge in [-0.2, -0.15) is 0 Å². The van der Waals surface area contributed by atoms with Crippen molar-refractivity contribution < 1.29 is 8.78 Å². The third-order valence-corrected chi connectivity index (χ3v) is 4.12. The molecule has 20 heavy (non-hydrogen) atoms. The quantitative estimate of drug-likeness (QED) is 0.786. The molecule has 1 N–H and O–H groups in total. The maximum absolute atomic E-state index is 13.9. The maximum Gasteiger partial charge on any atom is 0.128 e. The van der Waals surface area contributed by atoms with Crippen LogP contribution in [0, 0.1) is 36.3 Å². The lowest BCUT2D eigenvalue weighted by atomic mass is 9.85. The van der Waals surface area contributed by atoms with Crippen molar-refractivity contribution in [2.45, 2.75) is 47.6 Å². The van der Waals surface area contributed by atoms with Crippen molar-refractivity contribution in [2.24, 2.45) is 17.8 Å². The summed E-state index contributed by atoms with van der Waals surface area (Å²) in [5.41, 5.74) is 0.750. The second-order valence-electron chi connectivity index (χ2n) is 6.40. The van der Waals surface area contributed by atoms with Crippen LogP contribution >= 0.6 is 0 Å². The van der Waals surface area contributed by atoms with Crippen molar-refractivity contribution >= 4 is 0 Å². The molecule has 0 aliphatic rings. The van der Waals surface area contributed by atoms with Gasteiger partial charge in [0.25, 0.3) is 0 Å². The molecule has 1 nitrogen and oxygen atoms in total. The Kier molecular flexibility index (Phi) is 6.12. The zero-order valence-electron chi connectivity index (χ0n) is 13.4. The molecule has 3 heteroatoms. The second kappa shape index (κ2) is 7.16. The molecule has 1 unspecified atom stereocenters. The molecule has 0 amide bonds. The summed E-state index contributed by atoms with van der Waals surface area (Å²) in [7, 11) is 0. The van der Waals surface area contributed by atoms with Crippen LogP contribution in [0.2, 0.25) is 0 Å². The second-order valence-corrected chi connectivity index (χ2v) is 6.40. The fourth-order valence-electron chi connectivity index (χ4n) is 2.66. The van der Waals surface area contributed by atoms with Gasteiger partial charge in [-0.05, 0) is 55.8 Å². The van der Waals surface area contributed by atoms with Crippen molar-refractivity contribution in [3.05, 3.63) is 34.9 Å². The first-order valence-electron chi connectivity index (χ1n) is 7.43. The van der Waals surface area contributed by atoms with E-state index in [0.717, 1.165) is 6.54 Å². The van der Waals surface area contributed by atoms with Gasteiger partial charge in [0.1, 0.15) is 11.6 Å². The molecule has 0 fully saturated rings. The highest BCUT2D eigenvalue weighted by molar-refractivity contribution is 5.27. The first-order chi connectivity index (χ1) is 9.23. The Bertz CT molecular complexity index is 433. The van der Waals surface area contributed by atoms with Crippen molar-refractivity contribution in [3.63, 3.8) is 0 Å². The molecule has 0 saturated carbocycles. The van der Waals surface area contributed by atoms with Crippen LogP contribution in [0.3, 0.4) is 0 Å². The van der Waals surface area contributed by atoms with Gasteiger partial charge in [-0.1, -0.05) is 27.7 Å². The highest BCUT2D eigenvalue weighted by Gasteiger charge is 2.20. The minimum absolute atomic E-state index is 0.190. The summed E-state index contributed by atoms with van der Waals surface area (Å²) in [4.78, 5) is 0.